The van der Waals surface area contributed by atoms with Gasteiger partial charge in [-0.2, -0.15) is 4.68 Å². The Balaban J connectivity index is 2.49. The number of para-hydroxylation sites is 1. The van der Waals surface area contributed by atoms with Gasteiger partial charge < -0.3 is 5.11 Å². The Morgan fingerprint density at radius 2 is 2.11 bits per heavy atom. The highest BCUT2D eigenvalue weighted by atomic mass is 16.4. The molecule has 6 heteroatoms. The molecular weight excluding hydrogens is 244 g/mol. The van der Waals surface area contributed by atoms with Gasteiger partial charge in [0.15, 0.2) is 5.82 Å². The number of benzene rings is 1. The topological polar surface area (TPSA) is 80.9 Å². The average Bonchev–Trinajstić information content (AvgIpc) is 2.84. The van der Waals surface area contributed by atoms with E-state index in [2.05, 4.69) is 29.4 Å². The van der Waals surface area contributed by atoms with E-state index in [1.54, 1.807) is 0 Å². The first-order valence-corrected chi connectivity index (χ1v) is 5.88. The second-order valence-corrected chi connectivity index (χ2v) is 4.33. The average molecular weight is 258 g/mol. The first kappa shape index (κ1) is 12.9. The summed E-state index contributed by atoms with van der Waals surface area (Å²) in [5, 5.41) is 20.0. The quantitative estimate of drug-likeness (QED) is 0.847. The molecule has 2 rings (SSSR count). The molecule has 0 saturated heterocycles. The van der Waals surface area contributed by atoms with E-state index < -0.39 is 5.97 Å². The van der Waals surface area contributed by atoms with E-state index in [1.165, 1.54) is 10.8 Å². The lowest BCUT2D eigenvalue weighted by Crippen LogP contribution is -2.05. The predicted molar refractivity (Wildman–Crippen MR) is 69.9 cm³/mol. The number of carboxylic acids is 1. The Bertz CT molecular complexity index is 617. The molecule has 2 aromatic rings. The molecule has 98 valence electrons. The standard InChI is InChI=1S/C13H14N4O2/c1-9(2)10-5-3-4-6-11(10)17-12(14-15-16-17)7-8-13(18)19/h3-9H,1-2H3,(H,18,19)/b8-7+. The lowest BCUT2D eigenvalue weighted by atomic mass is 10.0. The van der Waals surface area contributed by atoms with Crippen LogP contribution in [-0.2, 0) is 4.79 Å². The zero-order chi connectivity index (χ0) is 13.8. The van der Waals surface area contributed by atoms with Crippen molar-refractivity contribution in [2.75, 3.05) is 0 Å². The molecule has 0 amide bonds. The van der Waals surface area contributed by atoms with Gasteiger partial charge in [0.05, 0.1) is 5.69 Å². The number of hydrogen-bond donors (Lipinski definition) is 1. The summed E-state index contributed by atoms with van der Waals surface area (Å²) < 4.78 is 1.54. The summed E-state index contributed by atoms with van der Waals surface area (Å²) in [5.74, 6) is -0.334. The fourth-order valence-corrected chi connectivity index (χ4v) is 1.78. The molecule has 0 radical (unpaired) electrons. The zero-order valence-electron chi connectivity index (χ0n) is 10.7. The summed E-state index contributed by atoms with van der Waals surface area (Å²) in [4.78, 5) is 10.6. The molecule has 0 saturated carbocycles. The van der Waals surface area contributed by atoms with Gasteiger partial charge in [0.25, 0.3) is 0 Å². The predicted octanol–water partition coefficient (Wildman–Crippen LogP) is 1.88. The number of carboxylic acid groups (broad SMARTS) is 1. The maximum Gasteiger partial charge on any atom is 0.328 e. The number of rotatable bonds is 4. The SMILES string of the molecule is CC(C)c1ccccc1-n1nnnc1/C=C/C(=O)O. The van der Waals surface area contributed by atoms with E-state index >= 15 is 0 Å². The lowest BCUT2D eigenvalue weighted by molar-refractivity contribution is -0.131. The van der Waals surface area contributed by atoms with E-state index in [0.717, 1.165) is 17.3 Å². The molecule has 0 spiro atoms. The van der Waals surface area contributed by atoms with Crippen molar-refractivity contribution in [2.24, 2.45) is 0 Å². The van der Waals surface area contributed by atoms with Crippen LogP contribution in [-0.4, -0.2) is 31.3 Å². The van der Waals surface area contributed by atoms with Crippen molar-refractivity contribution in [3.05, 3.63) is 41.7 Å². The first-order chi connectivity index (χ1) is 9.09. The van der Waals surface area contributed by atoms with Crippen LogP contribution in [0.15, 0.2) is 30.3 Å². The van der Waals surface area contributed by atoms with Gasteiger partial charge in [0, 0.05) is 6.08 Å². The van der Waals surface area contributed by atoms with Gasteiger partial charge in [-0.1, -0.05) is 32.0 Å². The highest BCUT2D eigenvalue weighted by Crippen LogP contribution is 2.22. The summed E-state index contributed by atoms with van der Waals surface area (Å²) in [6.45, 7) is 4.16. The minimum absolute atomic E-state index is 0.316. The maximum absolute atomic E-state index is 10.6. The number of aromatic nitrogens is 4. The summed E-state index contributed by atoms with van der Waals surface area (Å²) in [5.41, 5.74) is 1.95. The van der Waals surface area contributed by atoms with Crippen LogP contribution in [0.25, 0.3) is 11.8 Å². The maximum atomic E-state index is 10.6. The summed E-state index contributed by atoms with van der Waals surface area (Å²) in [7, 11) is 0. The Morgan fingerprint density at radius 3 is 2.79 bits per heavy atom. The van der Waals surface area contributed by atoms with Crippen LogP contribution in [0.1, 0.15) is 31.2 Å². The first-order valence-electron chi connectivity index (χ1n) is 5.88. The Labute approximate surface area is 110 Å². The molecule has 1 heterocycles. The minimum Gasteiger partial charge on any atom is -0.478 e. The van der Waals surface area contributed by atoms with Crippen molar-refractivity contribution >= 4 is 12.0 Å². The Morgan fingerprint density at radius 1 is 1.37 bits per heavy atom. The molecular formula is C13H14N4O2. The van der Waals surface area contributed by atoms with Gasteiger partial charge in [-0.15, -0.1) is 5.10 Å². The second-order valence-electron chi connectivity index (χ2n) is 4.33. The minimum atomic E-state index is -1.04. The normalized spacial score (nSPS) is 11.3. The molecule has 0 aliphatic heterocycles. The number of hydrogen-bond acceptors (Lipinski definition) is 4. The summed E-state index contributed by atoms with van der Waals surface area (Å²) >= 11 is 0. The van der Waals surface area contributed by atoms with Crippen LogP contribution in [0.4, 0.5) is 0 Å². The molecule has 0 unspecified atom stereocenters. The molecule has 0 aliphatic rings. The van der Waals surface area contributed by atoms with E-state index in [0.29, 0.717) is 11.7 Å². The zero-order valence-corrected chi connectivity index (χ0v) is 10.7. The molecule has 0 atom stereocenters. The molecule has 1 aromatic carbocycles. The van der Waals surface area contributed by atoms with Gasteiger partial charge in [0.2, 0.25) is 0 Å². The van der Waals surface area contributed by atoms with E-state index in [9.17, 15) is 4.79 Å². The second kappa shape index (κ2) is 5.43. The van der Waals surface area contributed by atoms with Gasteiger partial charge in [-0.25, -0.2) is 4.79 Å². The number of aliphatic carboxylic acids is 1. The van der Waals surface area contributed by atoms with E-state index in [-0.39, 0.29) is 0 Å². The molecule has 1 N–H and O–H groups in total. The largest absolute Gasteiger partial charge is 0.478 e. The van der Waals surface area contributed by atoms with Gasteiger partial charge >= 0.3 is 5.97 Å². The van der Waals surface area contributed by atoms with E-state index in [1.807, 2.05) is 24.3 Å². The third-order valence-electron chi connectivity index (χ3n) is 2.66. The smallest absolute Gasteiger partial charge is 0.328 e. The van der Waals surface area contributed by atoms with Gasteiger partial charge in [-0.05, 0) is 34.1 Å². The highest BCUT2D eigenvalue weighted by molar-refractivity contribution is 5.84. The monoisotopic (exact) mass is 258 g/mol. The third-order valence-corrected chi connectivity index (χ3v) is 2.66. The van der Waals surface area contributed by atoms with Crippen molar-refractivity contribution in [2.45, 2.75) is 19.8 Å². The van der Waals surface area contributed by atoms with Crippen molar-refractivity contribution in [3.63, 3.8) is 0 Å². The molecule has 6 nitrogen and oxygen atoms in total. The number of nitrogens with zero attached hydrogens (tertiary/aromatic N) is 4. The highest BCUT2D eigenvalue weighted by Gasteiger charge is 2.12. The number of tetrazole rings is 1. The summed E-state index contributed by atoms with van der Waals surface area (Å²) in [6, 6.07) is 7.76. The Hall–Kier alpha value is -2.50. The van der Waals surface area contributed by atoms with Crippen LogP contribution in [0.2, 0.25) is 0 Å². The van der Waals surface area contributed by atoms with Crippen LogP contribution in [0, 0.1) is 0 Å². The van der Waals surface area contributed by atoms with Crippen molar-refractivity contribution in [3.8, 4) is 5.69 Å². The fourth-order valence-electron chi connectivity index (χ4n) is 1.78. The molecule has 0 bridgehead atoms. The third kappa shape index (κ3) is 2.85. The van der Waals surface area contributed by atoms with E-state index in [4.69, 9.17) is 5.11 Å². The number of carbonyl (C=O) groups is 1. The van der Waals surface area contributed by atoms with Crippen molar-refractivity contribution in [1.82, 2.24) is 20.2 Å². The molecule has 0 aliphatic carbocycles. The molecule has 1 aromatic heterocycles. The van der Waals surface area contributed by atoms with Crippen LogP contribution in [0.3, 0.4) is 0 Å². The molecule has 0 fully saturated rings. The van der Waals surface area contributed by atoms with Crippen molar-refractivity contribution < 1.29 is 9.90 Å². The van der Waals surface area contributed by atoms with Crippen LogP contribution >= 0.6 is 0 Å². The van der Waals surface area contributed by atoms with Gasteiger partial charge in [-0.3, -0.25) is 0 Å². The lowest BCUT2D eigenvalue weighted by Gasteiger charge is -2.12. The summed E-state index contributed by atoms with van der Waals surface area (Å²) in [6.07, 6.45) is 2.39. The van der Waals surface area contributed by atoms with Crippen molar-refractivity contribution in [1.29, 1.82) is 0 Å². The van der Waals surface area contributed by atoms with Gasteiger partial charge in [0.1, 0.15) is 0 Å². The van der Waals surface area contributed by atoms with Crippen LogP contribution in [0.5, 0.6) is 0 Å². The molecule has 19 heavy (non-hydrogen) atoms. The Kier molecular flexibility index (Phi) is 3.70. The fraction of sp³-hybridized carbons (Fsp3) is 0.231. The van der Waals surface area contributed by atoms with Crippen LogP contribution < -0.4 is 0 Å².